The largest absolute Gasteiger partial charge is 0.481 e. The Morgan fingerprint density at radius 1 is 1.41 bits per heavy atom. The van der Waals surface area contributed by atoms with E-state index in [0.29, 0.717) is 5.69 Å². The van der Waals surface area contributed by atoms with Gasteiger partial charge in [0.2, 0.25) is 0 Å². The van der Waals surface area contributed by atoms with Gasteiger partial charge in [0.1, 0.15) is 0 Å². The van der Waals surface area contributed by atoms with Crippen molar-refractivity contribution in [2.24, 2.45) is 0 Å². The van der Waals surface area contributed by atoms with Gasteiger partial charge < -0.3 is 5.11 Å². The van der Waals surface area contributed by atoms with Crippen molar-refractivity contribution in [3.8, 4) is 11.1 Å². The number of hydrogen-bond donors (Lipinski definition) is 1. The van der Waals surface area contributed by atoms with E-state index in [-0.39, 0.29) is 6.42 Å². The summed E-state index contributed by atoms with van der Waals surface area (Å²) in [6.45, 7) is 1.93. The van der Waals surface area contributed by atoms with E-state index in [1.807, 2.05) is 25.1 Å². The van der Waals surface area contributed by atoms with Gasteiger partial charge in [-0.3, -0.25) is 14.8 Å². The van der Waals surface area contributed by atoms with E-state index in [2.05, 4.69) is 9.97 Å². The van der Waals surface area contributed by atoms with Gasteiger partial charge in [-0.25, -0.2) is 0 Å². The van der Waals surface area contributed by atoms with Crippen LogP contribution in [-0.2, 0) is 11.2 Å². The topological polar surface area (TPSA) is 63.1 Å². The Hall–Kier alpha value is -2.23. The third-order valence-electron chi connectivity index (χ3n) is 2.40. The highest BCUT2D eigenvalue weighted by molar-refractivity contribution is 5.75. The number of aromatic nitrogens is 2. The predicted octanol–water partition coefficient (Wildman–Crippen LogP) is 2.08. The summed E-state index contributed by atoms with van der Waals surface area (Å²) < 4.78 is 0. The van der Waals surface area contributed by atoms with Gasteiger partial charge in [-0.05, 0) is 24.6 Å². The Labute approximate surface area is 99.0 Å². The number of aliphatic carboxylic acids is 1. The lowest BCUT2D eigenvalue weighted by molar-refractivity contribution is -0.136. The summed E-state index contributed by atoms with van der Waals surface area (Å²) in [6.07, 6.45) is 4.99. The van der Waals surface area contributed by atoms with Crippen molar-refractivity contribution in [3.05, 3.63) is 48.0 Å². The smallest absolute Gasteiger partial charge is 0.309 e. The molecule has 0 aliphatic carbocycles. The molecule has 4 nitrogen and oxygen atoms in total. The van der Waals surface area contributed by atoms with Crippen molar-refractivity contribution in [1.82, 2.24) is 9.97 Å². The van der Waals surface area contributed by atoms with Crippen molar-refractivity contribution < 1.29 is 9.90 Å². The summed E-state index contributed by atoms with van der Waals surface area (Å²) in [5.41, 5.74) is 3.29. The predicted molar refractivity (Wildman–Crippen MR) is 63.5 cm³/mol. The van der Waals surface area contributed by atoms with Gasteiger partial charge >= 0.3 is 5.97 Å². The molecule has 0 saturated heterocycles. The molecule has 2 aromatic heterocycles. The third-order valence-corrected chi connectivity index (χ3v) is 2.40. The highest BCUT2D eigenvalue weighted by Crippen LogP contribution is 2.22. The van der Waals surface area contributed by atoms with Crippen LogP contribution in [0.2, 0.25) is 0 Å². The van der Waals surface area contributed by atoms with Crippen LogP contribution in [0.1, 0.15) is 11.3 Å². The maximum absolute atomic E-state index is 10.8. The maximum atomic E-state index is 10.8. The van der Waals surface area contributed by atoms with Crippen molar-refractivity contribution in [1.29, 1.82) is 0 Å². The van der Waals surface area contributed by atoms with Crippen molar-refractivity contribution in [2.75, 3.05) is 0 Å². The van der Waals surface area contributed by atoms with Crippen LogP contribution in [0.5, 0.6) is 0 Å². The van der Waals surface area contributed by atoms with Gasteiger partial charge in [-0.1, -0.05) is 6.07 Å². The van der Waals surface area contributed by atoms with Crippen LogP contribution in [0.3, 0.4) is 0 Å². The van der Waals surface area contributed by atoms with Crippen LogP contribution < -0.4 is 0 Å². The lowest BCUT2D eigenvalue weighted by atomic mass is 10.0. The third kappa shape index (κ3) is 2.66. The molecular formula is C13H12N2O2. The van der Waals surface area contributed by atoms with Gasteiger partial charge in [0.25, 0.3) is 0 Å². The Balaban J connectivity index is 2.51. The Kier molecular flexibility index (Phi) is 3.14. The number of pyridine rings is 2. The molecule has 0 radical (unpaired) electrons. The Bertz CT molecular complexity index is 538. The molecule has 17 heavy (non-hydrogen) atoms. The SMILES string of the molecule is Cc1cnc(CC(=O)O)c(-c2cccnc2)c1. The van der Waals surface area contributed by atoms with E-state index in [0.717, 1.165) is 16.7 Å². The van der Waals surface area contributed by atoms with E-state index in [9.17, 15) is 4.79 Å². The van der Waals surface area contributed by atoms with Gasteiger partial charge in [-0.15, -0.1) is 0 Å². The minimum atomic E-state index is -0.883. The molecule has 2 rings (SSSR count). The minimum absolute atomic E-state index is 0.0789. The van der Waals surface area contributed by atoms with E-state index in [1.165, 1.54) is 0 Å². The molecule has 0 spiro atoms. The molecule has 0 atom stereocenters. The average molecular weight is 228 g/mol. The molecule has 0 aliphatic heterocycles. The summed E-state index contributed by atoms with van der Waals surface area (Å²) in [7, 11) is 0. The molecule has 0 aromatic carbocycles. The highest BCUT2D eigenvalue weighted by atomic mass is 16.4. The van der Waals surface area contributed by atoms with E-state index in [4.69, 9.17) is 5.11 Å². The molecule has 4 heteroatoms. The molecule has 2 heterocycles. The van der Waals surface area contributed by atoms with Crippen molar-refractivity contribution >= 4 is 5.97 Å². The first-order chi connectivity index (χ1) is 8.16. The molecule has 86 valence electrons. The molecule has 0 saturated carbocycles. The lowest BCUT2D eigenvalue weighted by Crippen LogP contribution is -2.04. The molecule has 0 bridgehead atoms. The highest BCUT2D eigenvalue weighted by Gasteiger charge is 2.10. The summed E-state index contributed by atoms with van der Waals surface area (Å²) in [5, 5.41) is 8.85. The molecular weight excluding hydrogens is 216 g/mol. The number of rotatable bonds is 3. The Morgan fingerprint density at radius 3 is 2.88 bits per heavy atom. The van der Waals surface area contributed by atoms with E-state index < -0.39 is 5.97 Å². The van der Waals surface area contributed by atoms with Crippen molar-refractivity contribution in [3.63, 3.8) is 0 Å². The van der Waals surface area contributed by atoms with Crippen LogP contribution in [0.4, 0.5) is 0 Å². The summed E-state index contributed by atoms with van der Waals surface area (Å²) in [5.74, 6) is -0.883. The molecule has 1 N–H and O–H groups in total. The second-order valence-electron chi connectivity index (χ2n) is 3.82. The first-order valence-corrected chi connectivity index (χ1v) is 5.24. The second kappa shape index (κ2) is 4.74. The standard InChI is InChI=1S/C13H12N2O2/c1-9-5-11(10-3-2-4-14-8-10)12(15-7-9)6-13(16)17/h2-5,7-8H,6H2,1H3,(H,16,17). The fourth-order valence-corrected chi connectivity index (χ4v) is 1.65. The first kappa shape index (κ1) is 11.3. The number of aryl methyl sites for hydroxylation is 1. The maximum Gasteiger partial charge on any atom is 0.309 e. The quantitative estimate of drug-likeness (QED) is 0.873. The fourth-order valence-electron chi connectivity index (χ4n) is 1.65. The fraction of sp³-hybridized carbons (Fsp3) is 0.154. The van der Waals surface area contributed by atoms with Crippen LogP contribution in [0, 0.1) is 6.92 Å². The number of carbonyl (C=O) groups is 1. The van der Waals surface area contributed by atoms with E-state index in [1.54, 1.807) is 18.6 Å². The molecule has 0 unspecified atom stereocenters. The van der Waals surface area contributed by atoms with Gasteiger partial charge in [-0.2, -0.15) is 0 Å². The summed E-state index contributed by atoms with van der Waals surface area (Å²) in [4.78, 5) is 19.0. The summed E-state index contributed by atoms with van der Waals surface area (Å²) >= 11 is 0. The zero-order valence-electron chi connectivity index (χ0n) is 9.42. The second-order valence-corrected chi connectivity index (χ2v) is 3.82. The monoisotopic (exact) mass is 228 g/mol. The first-order valence-electron chi connectivity index (χ1n) is 5.24. The Morgan fingerprint density at radius 2 is 2.24 bits per heavy atom. The van der Waals surface area contributed by atoms with Gasteiger partial charge in [0.15, 0.2) is 0 Å². The zero-order valence-corrected chi connectivity index (χ0v) is 9.42. The van der Waals surface area contributed by atoms with Crippen LogP contribution in [0.15, 0.2) is 36.8 Å². The van der Waals surface area contributed by atoms with Crippen LogP contribution in [0.25, 0.3) is 11.1 Å². The number of carboxylic acids is 1. The van der Waals surface area contributed by atoms with E-state index >= 15 is 0 Å². The lowest BCUT2D eigenvalue weighted by Gasteiger charge is -2.07. The summed E-state index contributed by atoms with van der Waals surface area (Å²) in [6, 6.07) is 5.65. The number of nitrogens with zero attached hydrogens (tertiary/aromatic N) is 2. The molecule has 0 fully saturated rings. The van der Waals surface area contributed by atoms with Crippen LogP contribution in [-0.4, -0.2) is 21.0 Å². The molecule has 2 aromatic rings. The zero-order chi connectivity index (χ0) is 12.3. The van der Waals surface area contributed by atoms with Gasteiger partial charge in [0.05, 0.1) is 12.1 Å². The molecule has 0 aliphatic rings. The number of carboxylic acid groups (broad SMARTS) is 1. The van der Waals surface area contributed by atoms with Gasteiger partial charge in [0, 0.05) is 29.7 Å². The van der Waals surface area contributed by atoms with Crippen LogP contribution >= 0.6 is 0 Å². The molecule has 0 amide bonds. The number of hydrogen-bond acceptors (Lipinski definition) is 3. The normalized spacial score (nSPS) is 10.2. The minimum Gasteiger partial charge on any atom is -0.481 e. The average Bonchev–Trinajstić information content (AvgIpc) is 2.32. The van der Waals surface area contributed by atoms with Crippen molar-refractivity contribution in [2.45, 2.75) is 13.3 Å².